The third-order valence-corrected chi connectivity index (χ3v) is 2.52. The van der Waals surface area contributed by atoms with Gasteiger partial charge in [-0.1, -0.05) is 15.9 Å². The number of ether oxygens (including phenoxy) is 1. The van der Waals surface area contributed by atoms with Gasteiger partial charge in [0.25, 0.3) is 5.91 Å². The Balaban J connectivity index is 2.76. The van der Waals surface area contributed by atoms with Crippen molar-refractivity contribution < 1.29 is 14.6 Å². The van der Waals surface area contributed by atoms with Crippen molar-refractivity contribution in [3.8, 4) is 5.75 Å². The molecule has 0 radical (unpaired) electrons. The summed E-state index contributed by atoms with van der Waals surface area (Å²) >= 11 is 3.30. The number of carbonyl (C=O) groups is 1. The SMILES string of the molecule is COc1ccc(Br)cc1C(=O)NCCCO. The molecule has 0 spiro atoms. The number of aliphatic hydroxyl groups is 1. The van der Waals surface area contributed by atoms with Crippen LogP contribution < -0.4 is 10.1 Å². The zero-order valence-corrected chi connectivity index (χ0v) is 10.6. The molecule has 16 heavy (non-hydrogen) atoms. The Bertz CT molecular complexity index is 368. The normalized spacial score (nSPS) is 9.94. The van der Waals surface area contributed by atoms with E-state index >= 15 is 0 Å². The number of carbonyl (C=O) groups excluding carboxylic acids is 1. The summed E-state index contributed by atoms with van der Waals surface area (Å²) < 4.78 is 5.92. The number of hydrogen-bond donors (Lipinski definition) is 2. The molecule has 0 aromatic heterocycles. The van der Waals surface area contributed by atoms with Gasteiger partial charge in [-0.3, -0.25) is 4.79 Å². The maximum Gasteiger partial charge on any atom is 0.255 e. The van der Waals surface area contributed by atoms with E-state index in [0.29, 0.717) is 24.3 Å². The molecule has 0 aliphatic rings. The molecule has 0 atom stereocenters. The average Bonchev–Trinajstić information content (AvgIpc) is 2.29. The van der Waals surface area contributed by atoms with Crippen LogP contribution in [0.15, 0.2) is 22.7 Å². The number of nitrogens with one attached hydrogen (secondary N) is 1. The molecule has 5 heteroatoms. The van der Waals surface area contributed by atoms with Gasteiger partial charge < -0.3 is 15.2 Å². The maximum atomic E-state index is 11.8. The van der Waals surface area contributed by atoms with Crippen molar-refractivity contribution in [2.45, 2.75) is 6.42 Å². The summed E-state index contributed by atoms with van der Waals surface area (Å²) in [6.45, 7) is 0.515. The van der Waals surface area contributed by atoms with Gasteiger partial charge in [0.15, 0.2) is 0 Å². The second-order valence-electron chi connectivity index (χ2n) is 3.18. The van der Waals surface area contributed by atoms with Gasteiger partial charge in [0.2, 0.25) is 0 Å². The molecule has 0 bridgehead atoms. The Morgan fingerprint density at radius 1 is 1.56 bits per heavy atom. The summed E-state index contributed by atoms with van der Waals surface area (Å²) in [5.41, 5.74) is 0.481. The molecular weight excluding hydrogens is 274 g/mol. The standard InChI is InChI=1S/C11H14BrNO3/c1-16-10-4-3-8(12)7-9(10)11(15)13-5-2-6-14/h3-4,7,14H,2,5-6H2,1H3,(H,13,15). The molecule has 0 saturated carbocycles. The first kappa shape index (κ1) is 13.0. The number of hydrogen-bond acceptors (Lipinski definition) is 3. The molecule has 4 nitrogen and oxygen atoms in total. The first-order chi connectivity index (χ1) is 7.69. The number of methoxy groups -OCH3 is 1. The van der Waals surface area contributed by atoms with Crippen molar-refractivity contribution in [3.05, 3.63) is 28.2 Å². The Morgan fingerprint density at radius 2 is 2.31 bits per heavy atom. The smallest absolute Gasteiger partial charge is 0.255 e. The van der Waals surface area contributed by atoms with Crippen LogP contribution in [0.1, 0.15) is 16.8 Å². The third-order valence-electron chi connectivity index (χ3n) is 2.03. The van der Waals surface area contributed by atoms with E-state index in [1.54, 1.807) is 12.1 Å². The first-order valence-corrected chi connectivity index (χ1v) is 5.71. The van der Waals surface area contributed by atoms with Crippen LogP contribution in [0.4, 0.5) is 0 Å². The van der Waals surface area contributed by atoms with Gasteiger partial charge >= 0.3 is 0 Å². The van der Waals surface area contributed by atoms with E-state index in [1.165, 1.54) is 7.11 Å². The van der Waals surface area contributed by atoms with Gasteiger partial charge in [0.1, 0.15) is 5.75 Å². The van der Waals surface area contributed by atoms with E-state index in [0.717, 1.165) is 4.47 Å². The molecular formula is C11H14BrNO3. The van der Waals surface area contributed by atoms with Crippen molar-refractivity contribution in [1.29, 1.82) is 0 Å². The maximum absolute atomic E-state index is 11.8. The Kier molecular flexibility index (Phi) is 5.28. The highest BCUT2D eigenvalue weighted by molar-refractivity contribution is 9.10. The first-order valence-electron chi connectivity index (χ1n) is 4.91. The lowest BCUT2D eigenvalue weighted by atomic mass is 10.2. The second kappa shape index (κ2) is 6.50. The highest BCUT2D eigenvalue weighted by atomic mass is 79.9. The topological polar surface area (TPSA) is 58.6 Å². The van der Waals surface area contributed by atoms with Crippen LogP contribution in [0.25, 0.3) is 0 Å². The van der Waals surface area contributed by atoms with Crippen LogP contribution in [-0.4, -0.2) is 31.3 Å². The zero-order valence-electron chi connectivity index (χ0n) is 9.00. The minimum absolute atomic E-state index is 0.0654. The Hall–Kier alpha value is -1.07. The Morgan fingerprint density at radius 3 is 2.94 bits per heavy atom. The second-order valence-corrected chi connectivity index (χ2v) is 4.09. The molecule has 0 heterocycles. The van der Waals surface area contributed by atoms with E-state index in [-0.39, 0.29) is 12.5 Å². The molecule has 0 fully saturated rings. The monoisotopic (exact) mass is 287 g/mol. The lowest BCUT2D eigenvalue weighted by Gasteiger charge is -2.09. The van der Waals surface area contributed by atoms with Gasteiger partial charge in [-0.15, -0.1) is 0 Å². The predicted molar refractivity (Wildman–Crippen MR) is 64.7 cm³/mol. The summed E-state index contributed by atoms with van der Waals surface area (Å²) in [7, 11) is 1.52. The van der Waals surface area contributed by atoms with E-state index in [4.69, 9.17) is 9.84 Å². The molecule has 0 aliphatic carbocycles. The fourth-order valence-electron chi connectivity index (χ4n) is 1.23. The fourth-order valence-corrected chi connectivity index (χ4v) is 1.59. The summed E-state index contributed by atoms with van der Waals surface area (Å²) in [5, 5.41) is 11.3. The number of halogens is 1. The number of benzene rings is 1. The average molecular weight is 288 g/mol. The summed E-state index contributed by atoms with van der Waals surface area (Å²) in [6.07, 6.45) is 0.544. The van der Waals surface area contributed by atoms with Crippen LogP contribution in [0.2, 0.25) is 0 Å². The third kappa shape index (κ3) is 3.50. The summed E-state index contributed by atoms with van der Waals surface area (Å²) in [6, 6.07) is 5.24. The zero-order chi connectivity index (χ0) is 12.0. The molecule has 2 N–H and O–H groups in total. The number of aliphatic hydroxyl groups excluding tert-OH is 1. The largest absolute Gasteiger partial charge is 0.496 e. The summed E-state index contributed by atoms with van der Waals surface area (Å²) in [4.78, 5) is 11.8. The highest BCUT2D eigenvalue weighted by Crippen LogP contribution is 2.22. The molecule has 88 valence electrons. The lowest BCUT2D eigenvalue weighted by Crippen LogP contribution is -2.25. The van der Waals surface area contributed by atoms with Crippen molar-refractivity contribution in [3.63, 3.8) is 0 Å². The van der Waals surface area contributed by atoms with E-state index < -0.39 is 0 Å². The highest BCUT2D eigenvalue weighted by Gasteiger charge is 2.11. The lowest BCUT2D eigenvalue weighted by molar-refractivity contribution is 0.0948. The molecule has 0 aliphatic heterocycles. The van der Waals surface area contributed by atoms with Crippen LogP contribution in [0.3, 0.4) is 0 Å². The fraction of sp³-hybridized carbons (Fsp3) is 0.364. The van der Waals surface area contributed by atoms with Gasteiger partial charge in [-0.25, -0.2) is 0 Å². The van der Waals surface area contributed by atoms with E-state index in [2.05, 4.69) is 21.2 Å². The van der Waals surface area contributed by atoms with E-state index in [9.17, 15) is 4.79 Å². The van der Waals surface area contributed by atoms with E-state index in [1.807, 2.05) is 6.07 Å². The summed E-state index contributed by atoms with van der Waals surface area (Å²) in [5.74, 6) is 0.330. The van der Waals surface area contributed by atoms with Gasteiger partial charge in [0, 0.05) is 17.6 Å². The van der Waals surface area contributed by atoms with Gasteiger partial charge in [-0.05, 0) is 24.6 Å². The van der Waals surface area contributed by atoms with Crippen LogP contribution in [0.5, 0.6) is 5.75 Å². The molecule has 1 rings (SSSR count). The Labute approximate surface area is 103 Å². The molecule has 0 saturated heterocycles. The van der Waals surface area contributed by atoms with Gasteiger partial charge in [-0.2, -0.15) is 0 Å². The predicted octanol–water partition coefficient (Wildman–Crippen LogP) is 1.57. The molecule has 1 amide bonds. The van der Waals surface area contributed by atoms with Crippen LogP contribution >= 0.6 is 15.9 Å². The molecule has 0 unspecified atom stereocenters. The number of amides is 1. The van der Waals surface area contributed by atoms with Crippen molar-refractivity contribution in [2.75, 3.05) is 20.3 Å². The number of rotatable bonds is 5. The minimum atomic E-state index is -0.202. The van der Waals surface area contributed by atoms with Crippen molar-refractivity contribution >= 4 is 21.8 Å². The molecule has 1 aromatic rings. The quantitative estimate of drug-likeness (QED) is 0.809. The van der Waals surface area contributed by atoms with Crippen molar-refractivity contribution in [1.82, 2.24) is 5.32 Å². The van der Waals surface area contributed by atoms with Gasteiger partial charge in [0.05, 0.1) is 12.7 Å². The molecule has 1 aromatic carbocycles. The minimum Gasteiger partial charge on any atom is -0.496 e. The van der Waals surface area contributed by atoms with Crippen LogP contribution in [-0.2, 0) is 0 Å². The van der Waals surface area contributed by atoms with Crippen molar-refractivity contribution in [2.24, 2.45) is 0 Å². The van der Waals surface area contributed by atoms with Crippen LogP contribution in [0, 0.1) is 0 Å².